The van der Waals surface area contributed by atoms with Gasteiger partial charge in [-0.15, -0.1) is 0 Å². The maximum atomic E-state index is 12.5. The summed E-state index contributed by atoms with van der Waals surface area (Å²) in [6.45, 7) is 1.89. The lowest BCUT2D eigenvalue weighted by Crippen LogP contribution is -2.39. The Morgan fingerprint density at radius 3 is 2.45 bits per heavy atom. The van der Waals surface area contributed by atoms with Crippen LogP contribution in [-0.2, 0) is 16.4 Å². The summed E-state index contributed by atoms with van der Waals surface area (Å²) in [5.41, 5.74) is 0. The summed E-state index contributed by atoms with van der Waals surface area (Å²) in [6.07, 6.45) is -2.07. The minimum absolute atomic E-state index is 0.168. The molecule has 5 nitrogen and oxygen atoms in total. The monoisotopic (exact) mass is 313 g/mol. The van der Waals surface area contributed by atoms with Gasteiger partial charge < -0.3 is 4.98 Å². The number of hydrogen-bond acceptors (Lipinski definition) is 3. The molecule has 1 aromatic rings. The number of sulfonamides is 1. The number of halogens is 3. The molecule has 0 fully saturated rings. The fourth-order valence-corrected chi connectivity index (χ4v) is 3.01. The second-order valence-corrected chi connectivity index (χ2v) is 6.26. The highest BCUT2D eigenvalue weighted by atomic mass is 32.2. The summed E-state index contributed by atoms with van der Waals surface area (Å²) < 4.78 is 62.4. The summed E-state index contributed by atoms with van der Waals surface area (Å²) in [7, 11) is -4.20. The highest BCUT2D eigenvalue weighted by Crippen LogP contribution is 2.22. The second-order valence-electron chi connectivity index (χ2n) is 4.36. The van der Waals surface area contributed by atoms with Gasteiger partial charge in [0.05, 0.1) is 6.20 Å². The van der Waals surface area contributed by atoms with Crippen LogP contribution in [-0.4, -0.2) is 42.0 Å². The average Bonchev–Trinajstić information content (AvgIpc) is 2.82. The quantitative estimate of drug-likeness (QED) is 0.840. The minimum Gasteiger partial charge on any atom is -0.332 e. The molecule has 9 heteroatoms. The van der Waals surface area contributed by atoms with Crippen molar-refractivity contribution in [3.63, 3.8) is 0 Å². The number of aromatic nitrogens is 2. The highest BCUT2D eigenvalue weighted by molar-refractivity contribution is 7.89. The molecule has 1 rings (SSSR count). The Bertz CT molecular complexity index is 525. The number of aryl methyl sites for hydroxylation is 1. The Balaban J connectivity index is 3.03. The van der Waals surface area contributed by atoms with Gasteiger partial charge in [0.2, 0.25) is 0 Å². The van der Waals surface area contributed by atoms with Gasteiger partial charge in [-0.2, -0.15) is 17.5 Å². The summed E-state index contributed by atoms with van der Waals surface area (Å²) in [6, 6.07) is 0. The normalized spacial score (nSPS) is 13.1. The first-order valence-electron chi connectivity index (χ1n) is 6.31. The van der Waals surface area contributed by atoms with Crippen LogP contribution in [0.2, 0.25) is 0 Å². The maximum absolute atomic E-state index is 12.5. The number of rotatable bonds is 7. The minimum atomic E-state index is -4.57. The molecule has 0 saturated heterocycles. The molecule has 0 bridgehead atoms. The van der Waals surface area contributed by atoms with Gasteiger partial charge in [0.1, 0.15) is 12.4 Å². The summed E-state index contributed by atoms with van der Waals surface area (Å²) in [5, 5.41) is -0.297. The molecule has 0 radical (unpaired) electrons. The van der Waals surface area contributed by atoms with Crippen molar-refractivity contribution >= 4 is 10.0 Å². The van der Waals surface area contributed by atoms with Crippen molar-refractivity contribution in [2.75, 3.05) is 13.1 Å². The molecule has 0 aliphatic rings. The molecule has 0 aliphatic carbocycles. The van der Waals surface area contributed by atoms with Crippen molar-refractivity contribution in [2.45, 2.75) is 44.3 Å². The largest absolute Gasteiger partial charge is 0.402 e. The molecule has 1 heterocycles. The van der Waals surface area contributed by atoms with Crippen molar-refractivity contribution in [3.8, 4) is 0 Å². The third-order valence-electron chi connectivity index (χ3n) is 2.67. The van der Waals surface area contributed by atoms with E-state index in [0.717, 1.165) is 6.20 Å². The third kappa shape index (κ3) is 4.48. The van der Waals surface area contributed by atoms with E-state index in [-0.39, 0.29) is 11.6 Å². The highest BCUT2D eigenvalue weighted by Gasteiger charge is 2.37. The number of hydrogen-bond donors (Lipinski definition) is 1. The molecule has 0 amide bonds. The summed E-state index contributed by atoms with van der Waals surface area (Å²) >= 11 is 0. The van der Waals surface area contributed by atoms with Crippen LogP contribution < -0.4 is 0 Å². The molecule has 0 spiro atoms. The van der Waals surface area contributed by atoms with Crippen molar-refractivity contribution in [2.24, 2.45) is 0 Å². The zero-order chi connectivity index (χ0) is 15.4. The topological polar surface area (TPSA) is 66.1 Å². The van der Waals surface area contributed by atoms with Crippen molar-refractivity contribution in [1.29, 1.82) is 0 Å². The van der Waals surface area contributed by atoms with Crippen LogP contribution in [0.15, 0.2) is 11.2 Å². The molecule has 1 N–H and O–H groups in total. The zero-order valence-electron chi connectivity index (χ0n) is 11.4. The van der Waals surface area contributed by atoms with Gasteiger partial charge >= 0.3 is 6.18 Å². The molecular formula is C11H18F3N3O2S. The summed E-state index contributed by atoms with van der Waals surface area (Å²) in [4.78, 5) is 6.36. The molecule has 0 atom stereocenters. The number of aromatic amines is 1. The maximum Gasteiger partial charge on any atom is 0.402 e. The van der Waals surface area contributed by atoms with Crippen LogP contribution in [0, 0.1) is 0 Å². The van der Waals surface area contributed by atoms with E-state index in [1.54, 1.807) is 13.8 Å². The van der Waals surface area contributed by atoms with Gasteiger partial charge in [-0.05, 0) is 6.42 Å². The van der Waals surface area contributed by atoms with E-state index >= 15 is 0 Å². The van der Waals surface area contributed by atoms with E-state index in [0.29, 0.717) is 29.4 Å². The van der Waals surface area contributed by atoms with Gasteiger partial charge in [0.15, 0.2) is 5.03 Å². The fraction of sp³-hybridized carbons (Fsp3) is 0.727. The number of imidazole rings is 1. The van der Waals surface area contributed by atoms with Crippen LogP contribution in [0.4, 0.5) is 13.2 Å². The third-order valence-corrected chi connectivity index (χ3v) is 4.43. The lowest BCUT2D eigenvalue weighted by molar-refractivity contribution is -0.136. The van der Waals surface area contributed by atoms with Crippen LogP contribution >= 0.6 is 0 Å². The lowest BCUT2D eigenvalue weighted by Gasteiger charge is -2.22. The first kappa shape index (κ1) is 17.0. The van der Waals surface area contributed by atoms with E-state index < -0.39 is 22.7 Å². The Morgan fingerprint density at radius 1 is 1.35 bits per heavy atom. The Hall–Kier alpha value is -1.09. The average molecular weight is 313 g/mol. The SMILES string of the molecule is CCCCN(CC(F)(F)F)S(=O)(=O)c1cnc(CC)[nH]1. The Kier molecular flexibility index (Phi) is 5.58. The molecular weight excluding hydrogens is 295 g/mol. The van der Waals surface area contributed by atoms with Crippen LogP contribution in [0.5, 0.6) is 0 Å². The number of unbranched alkanes of at least 4 members (excludes halogenated alkanes) is 1. The van der Waals surface area contributed by atoms with Crippen molar-refractivity contribution in [1.82, 2.24) is 14.3 Å². The van der Waals surface area contributed by atoms with E-state index in [4.69, 9.17) is 0 Å². The molecule has 0 aromatic carbocycles. The van der Waals surface area contributed by atoms with Gasteiger partial charge in [-0.1, -0.05) is 20.3 Å². The Morgan fingerprint density at radius 2 is 2.00 bits per heavy atom. The second kappa shape index (κ2) is 6.57. The lowest BCUT2D eigenvalue weighted by atomic mass is 10.3. The molecule has 0 saturated carbocycles. The molecule has 116 valence electrons. The van der Waals surface area contributed by atoms with Gasteiger partial charge in [0.25, 0.3) is 10.0 Å². The standard InChI is InChI=1S/C11H18F3N3O2S/c1-3-5-6-17(8-11(12,13)14)20(18,19)10-7-15-9(4-2)16-10/h7H,3-6,8H2,1-2H3,(H,15,16). The van der Waals surface area contributed by atoms with E-state index in [1.165, 1.54) is 0 Å². The molecule has 0 unspecified atom stereocenters. The summed E-state index contributed by atoms with van der Waals surface area (Å²) in [5.74, 6) is 0.422. The first-order chi connectivity index (χ1) is 9.20. The van der Waals surface area contributed by atoms with E-state index in [9.17, 15) is 21.6 Å². The fourth-order valence-electron chi connectivity index (χ4n) is 1.61. The van der Waals surface area contributed by atoms with Crippen LogP contribution in [0.25, 0.3) is 0 Å². The van der Waals surface area contributed by atoms with Gasteiger partial charge in [-0.25, -0.2) is 13.4 Å². The van der Waals surface area contributed by atoms with Crippen molar-refractivity contribution in [3.05, 3.63) is 12.0 Å². The number of nitrogens with one attached hydrogen (secondary N) is 1. The van der Waals surface area contributed by atoms with Crippen molar-refractivity contribution < 1.29 is 21.6 Å². The number of alkyl halides is 3. The smallest absolute Gasteiger partial charge is 0.332 e. The van der Waals surface area contributed by atoms with Crippen LogP contribution in [0.3, 0.4) is 0 Å². The first-order valence-corrected chi connectivity index (χ1v) is 7.75. The zero-order valence-corrected chi connectivity index (χ0v) is 12.2. The van der Waals surface area contributed by atoms with Gasteiger partial charge in [-0.3, -0.25) is 0 Å². The molecule has 20 heavy (non-hydrogen) atoms. The Labute approximate surface area is 116 Å². The van der Waals surface area contributed by atoms with Gasteiger partial charge in [0, 0.05) is 13.0 Å². The predicted octanol–water partition coefficient (Wildman–Crippen LogP) is 2.33. The number of nitrogens with zero attached hydrogens (tertiary/aromatic N) is 2. The predicted molar refractivity (Wildman–Crippen MR) is 67.7 cm³/mol. The molecule has 0 aliphatic heterocycles. The van der Waals surface area contributed by atoms with E-state index in [2.05, 4.69) is 9.97 Å². The van der Waals surface area contributed by atoms with E-state index in [1.807, 2.05) is 0 Å². The van der Waals surface area contributed by atoms with Crippen LogP contribution in [0.1, 0.15) is 32.5 Å². The molecule has 1 aromatic heterocycles. The number of H-pyrrole nitrogens is 1.